The van der Waals surface area contributed by atoms with Crippen molar-refractivity contribution in [3.63, 3.8) is 0 Å². The number of methoxy groups -OCH3 is 1. The number of ether oxygens (including phenoxy) is 3. The second-order valence-electron chi connectivity index (χ2n) is 6.66. The summed E-state index contributed by atoms with van der Waals surface area (Å²) in [5, 5.41) is 69.4. The number of nitrogens with zero attached hydrogens (tertiary/aromatic N) is 1. The van der Waals surface area contributed by atoms with Gasteiger partial charge in [0.25, 0.3) is 0 Å². The summed E-state index contributed by atoms with van der Waals surface area (Å²) in [6, 6.07) is -1.59. The molecule has 3 aliphatic rings. The maximum Gasteiger partial charge on any atom is 0.189 e. The monoisotopic (exact) mass is 367 g/mol. The van der Waals surface area contributed by atoms with Gasteiger partial charge in [-0.15, -0.1) is 0 Å². The molecule has 0 saturated carbocycles. The SMILES string of the molecule is COC1O[C@@H](O[C@H]2CN3[C@@H]([C@@H](O)[C@H](O)[C@H]3CO)[C@@H]2O)[C@@H](O)[C@@H](O)[C@H]1O. The smallest absolute Gasteiger partial charge is 0.189 e. The highest BCUT2D eigenvalue weighted by molar-refractivity contribution is 5.10. The Balaban J connectivity index is 1.70. The molecular weight excluding hydrogens is 342 g/mol. The molecule has 0 bridgehead atoms. The van der Waals surface area contributed by atoms with Crippen molar-refractivity contribution in [1.82, 2.24) is 4.90 Å². The molecule has 3 heterocycles. The molecule has 11 heteroatoms. The van der Waals surface area contributed by atoms with Crippen molar-refractivity contribution in [3.05, 3.63) is 0 Å². The van der Waals surface area contributed by atoms with Crippen molar-refractivity contribution in [1.29, 1.82) is 0 Å². The molecular formula is C14H25NO10. The lowest BCUT2D eigenvalue weighted by molar-refractivity contribution is -0.355. The molecule has 11 nitrogen and oxygen atoms in total. The molecule has 3 rings (SSSR count). The van der Waals surface area contributed by atoms with E-state index in [1.54, 1.807) is 4.90 Å². The number of aliphatic hydroxyl groups excluding tert-OH is 7. The summed E-state index contributed by atoms with van der Waals surface area (Å²) in [4.78, 5) is 1.54. The molecule has 1 unspecified atom stereocenters. The number of fused-ring (bicyclic) bond motifs is 1. The molecule has 25 heavy (non-hydrogen) atoms. The molecule has 11 atom stereocenters. The quantitative estimate of drug-likeness (QED) is 0.253. The molecule has 3 fully saturated rings. The van der Waals surface area contributed by atoms with Gasteiger partial charge in [-0.25, -0.2) is 0 Å². The molecule has 146 valence electrons. The lowest BCUT2D eigenvalue weighted by Crippen LogP contribution is -2.60. The van der Waals surface area contributed by atoms with Crippen LogP contribution in [0.25, 0.3) is 0 Å². The topological polar surface area (TPSA) is 173 Å². The average molecular weight is 367 g/mol. The van der Waals surface area contributed by atoms with Gasteiger partial charge < -0.3 is 50.0 Å². The van der Waals surface area contributed by atoms with Crippen LogP contribution in [0.4, 0.5) is 0 Å². The number of hydrogen-bond donors (Lipinski definition) is 7. The van der Waals surface area contributed by atoms with Gasteiger partial charge in [-0.2, -0.15) is 0 Å². The maximum absolute atomic E-state index is 10.4. The highest BCUT2D eigenvalue weighted by Crippen LogP contribution is 2.36. The van der Waals surface area contributed by atoms with E-state index in [0.717, 1.165) is 0 Å². The Labute approximate surface area is 143 Å². The van der Waals surface area contributed by atoms with Crippen LogP contribution < -0.4 is 0 Å². The Morgan fingerprint density at radius 2 is 1.52 bits per heavy atom. The van der Waals surface area contributed by atoms with Gasteiger partial charge in [0.05, 0.1) is 37.0 Å². The van der Waals surface area contributed by atoms with Crippen molar-refractivity contribution in [3.8, 4) is 0 Å². The van der Waals surface area contributed by atoms with Crippen molar-refractivity contribution < 1.29 is 50.0 Å². The number of hydrogen-bond acceptors (Lipinski definition) is 11. The van der Waals surface area contributed by atoms with E-state index >= 15 is 0 Å². The van der Waals surface area contributed by atoms with Crippen LogP contribution in [0.2, 0.25) is 0 Å². The summed E-state index contributed by atoms with van der Waals surface area (Å²) in [7, 11) is 1.25. The van der Waals surface area contributed by atoms with Gasteiger partial charge in [0.1, 0.15) is 24.4 Å². The third kappa shape index (κ3) is 3.09. The van der Waals surface area contributed by atoms with E-state index in [1.165, 1.54) is 7.11 Å². The number of rotatable bonds is 4. The molecule has 0 aromatic heterocycles. The summed E-state index contributed by atoms with van der Waals surface area (Å²) in [5.74, 6) is 0. The second-order valence-corrected chi connectivity index (χ2v) is 6.66. The van der Waals surface area contributed by atoms with Gasteiger partial charge in [-0.1, -0.05) is 0 Å². The van der Waals surface area contributed by atoms with Crippen LogP contribution >= 0.6 is 0 Å². The lowest BCUT2D eigenvalue weighted by Gasteiger charge is -2.40. The second kappa shape index (κ2) is 7.29. The first kappa shape index (κ1) is 19.3. The van der Waals surface area contributed by atoms with Crippen LogP contribution in [-0.4, -0.2) is 128 Å². The van der Waals surface area contributed by atoms with E-state index in [2.05, 4.69) is 0 Å². The summed E-state index contributed by atoms with van der Waals surface area (Å²) < 4.78 is 15.7. The fourth-order valence-corrected chi connectivity index (χ4v) is 3.87. The third-order valence-electron chi connectivity index (χ3n) is 5.28. The lowest BCUT2D eigenvalue weighted by atomic mass is 10.0. The summed E-state index contributed by atoms with van der Waals surface area (Å²) in [5.41, 5.74) is 0. The molecule has 0 spiro atoms. The van der Waals surface area contributed by atoms with E-state index in [9.17, 15) is 35.7 Å². The van der Waals surface area contributed by atoms with Gasteiger partial charge in [0, 0.05) is 13.7 Å². The van der Waals surface area contributed by atoms with Crippen LogP contribution in [0, 0.1) is 0 Å². The Bertz CT molecular complexity index is 467. The Morgan fingerprint density at radius 3 is 2.12 bits per heavy atom. The van der Waals surface area contributed by atoms with Crippen molar-refractivity contribution in [2.75, 3.05) is 20.3 Å². The van der Waals surface area contributed by atoms with Crippen LogP contribution in [0.15, 0.2) is 0 Å². The Morgan fingerprint density at radius 1 is 0.880 bits per heavy atom. The molecule has 0 aromatic rings. The maximum atomic E-state index is 10.4. The third-order valence-corrected chi connectivity index (χ3v) is 5.28. The van der Waals surface area contributed by atoms with Gasteiger partial charge in [-0.05, 0) is 0 Å². The highest BCUT2D eigenvalue weighted by Gasteiger charge is 2.58. The standard InChI is InChI=1S/C14H25NO10/c1-23-13-11(21)10(20)12(22)14(25-13)24-5-2-15-4(3-16)7(17)9(19)6(15)8(5)18/h4-14,16-22H,2-3H2,1H3/t4-,5+,6-,7-,8-,9-,10+,11-,12+,13?,14-/m1/s1. The normalized spacial score (nSPS) is 54.0. The van der Waals surface area contributed by atoms with Crippen molar-refractivity contribution in [2.45, 2.75) is 67.4 Å². The van der Waals surface area contributed by atoms with Crippen molar-refractivity contribution >= 4 is 0 Å². The summed E-state index contributed by atoms with van der Waals surface area (Å²) in [6.07, 6.45) is -11.8. The van der Waals surface area contributed by atoms with Crippen LogP contribution in [0.3, 0.4) is 0 Å². The van der Waals surface area contributed by atoms with E-state index < -0.39 is 74.0 Å². The van der Waals surface area contributed by atoms with Crippen LogP contribution in [0.1, 0.15) is 0 Å². The van der Waals surface area contributed by atoms with Crippen LogP contribution in [0.5, 0.6) is 0 Å². The minimum Gasteiger partial charge on any atom is -0.395 e. The molecule has 0 aromatic carbocycles. The summed E-state index contributed by atoms with van der Waals surface area (Å²) in [6.45, 7) is -0.346. The highest BCUT2D eigenvalue weighted by atomic mass is 16.8. The minimum absolute atomic E-state index is 0.0635. The largest absolute Gasteiger partial charge is 0.395 e. The van der Waals surface area contributed by atoms with Gasteiger partial charge >= 0.3 is 0 Å². The van der Waals surface area contributed by atoms with E-state index in [-0.39, 0.29) is 6.54 Å². The van der Waals surface area contributed by atoms with Gasteiger partial charge in [-0.3, -0.25) is 4.90 Å². The Kier molecular flexibility index (Phi) is 5.63. The molecule has 3 saturated heterocycles. The Hall–Kier alpha value is -0.440. The first-order valence-electron chi connectivity index (χ1n) is 8.10. The molecule has 3 aliphatic heterocycles. The number of aliphatic hydroxyl groups is 7. The van der Waals surface area contributed by atoms with Crippen molar-refractivity contribution in [2.24, 2.45) is 0 Å². The summed E-state index contributed by atoms with van der Waals surface area (Å²) >= 11 is 0. The fourth-order valence-electron chi connectivity index (χ4n) is 3.87. The van der Waals surface area contributed by atoms with E-state index in [1.807, 2.05) is 0 Å². The molecule has 0 amide bonds. The van der Waals surface area contributed by atoms with E-state index in [4.69, 9.17) is 14.2 Å². The zero-order valence-corrected chi connectivity index (χ0v) is 13.6. The molecule has 0 aliphatic carbocycles. The predicted octanol–water partition coefficient (Wildman–Crippen LogP) is -5.08. The minimum atomic E-state index is -1.58. The first-order chi connectivity index (χ1) is 11.8. The zero-order valence-electron chi connectivity index (χ0n) is 13.6. The first-order valence-corrected chi connectivity index (χ1v) is 8.10. The van der Waals surface area contributed by atoms with Gasteiger partial charge in [0.15, 0.2) is 12.6 Å². The van der Waals surface area contributed by atoms with Crippen LogP contribution in [-0.2, 0) is 14.2 Å². The van der Waals surface area contributed by atoms with Gasteiger partial charge in [0.2, 0.25) is 0 Å². The predicted molar refractivity (Wildman–Crippen MR) is 78.0 cm³/mol. The zero-order chi connectivity index (χ0) is 18.5. The average Bonchev–Trinajstić information content (AvgIpc) is 3.03. The molecule has 7 N–H and O–H groups in total. The fraction of sp³-hybridized carbons (Fsp3) is 1.00. The molecule has 0 radical (unpaired) electrons. The van der Waals surface area contributed by atoms with E-state index in [0.29, 0.717) is 0 Å².